The van der Waals surface area contributed by atoms with Crippen LogP contribution in [0.1, 0.15) is 27.4 Å². The van der Waals surface area contributed by atoms with Gasteiger partial charge in [-0.1, -0.05) is 24.3 Å². The third kappa shape index (κ3) is 1.86. The number of halogens is 1. The number of carbonyl (C=O) groups is 1. The highest BCUT2D eigenvalue weighted by atomic mass is 79.9. The molecular weight excluding hydrogens is 294 g/mol. The molecule has 0 bridgehead atoms. The minimum atomic E-state index is -0.886. The molecule has 0 spiro atoms. The molecule has 0 amide bonds. The van der Waals surface area contributed by atoms with E-state index < -0.39 is 5.97 Å². The molecule has 0 fully saturated rings. The first-order valence-corrected chi connectivity index (χ1v) is 6.61. The predicted octanol–water partition coefficient (Wildman–Crippen LogP) is 3.29. The van der Waals surface area contributed by atoms with E-state index >= 15 is 0 Å². The van der Waals surface area contributed by atoms with Crippen LogP contribution in [0.5, 0.6) is 0 Å². The number of fused-ring (bicyclic) bond motifs is 1. The number of carboxylic acid groups (broad SMARTS) is 1. The van der Waals surface area contributed by atoms with Gasteiger partial charge >= 0.3 is 5.97 Å². The molecule has 1 aliphatic rings. The van der Waals surface area contributed by atoms with Gasteiger partial charge in [0.1, 0.15) is 0 Å². The van der Waals surface area contributed by atoms with Crippen LogP contribution in [0.15, 0.2) is 41.1 Å². The molecule has 1 aromatic carbocycles. The van der Waals surface area contributed by atoms with E-state index in [1.54, 1.807) is 12.3 Å². The van der Waals surface area contributed by atoms with E-state index in [2.05, 4.69) is 40.2 Å². The van der Waals surface area contributed by atoms with Crippen molar-refractivity contribution >= 4 is 21.9 Å². The van der Waals surface area contributed by atoms with Crippen LogP contribution < -0.4 is 0 Å². The fourth-order valence-electron chi connectivity index (χ4n) is 2.50. The standard InChI is InChI=1S/C14H12BrNO2/c15-13-6-11(14(17)18)8-16(13)7-10-5-9-3-1-2-4-12(9)10/h1-4,6,8,10H,5,7H2,(H,17,18). The first-order valence-electron chi connectivity index (χ1n) is 5.82. The molecule has 92 valence electrons. The van der Waals surface area contributed by atoms with Crippen molar-refractivity contribution in [3.8, 4) is 0 Å². The molecule has 0 aliphatic heterocycles. The Labute approximate surface area is 113 Å². The number of carboxylic acids is 1. The van der Waals surface area contributed by atoms with Crippen LogP contribution in [0.3, 0.4) is 0 Å². The van der Waals surface area contributed by atoms with Crippen LogP contribution in [0.25, 0.3) is 0 Å². The number of hydrogen-bond donors (Lipinski definition) is 1. The summed E-state index contributed by atoms with van der Waals surface area (Å²) in [5, 5.41) is 8.95. The Kier molecular flexibility index (Phi) is 2.74. The Bertz CT molecular complexity index is 618. The minimum absolute atomic E-state index is 0.328. The third-order valence-electron chi connectivity index (χ3n) is 3.47. The summed E-state index contributed by atoms with van der Waals surface area (Å²) in [7, 11) is 0. The summed E-state index contributed by atoms with van der Waals surface area (Å²) in [5.41, 5.74) is 3.12. The molecule has 1 N–H and O–H groups in total. The number of nitrogens with zero attached hydrogens (tertiary/aromatic N) is 1. The lowest BCUT2D eigenvalue weighted by molar-refractivity contribution is 0.0697. The van der Waals surface area contributed by atoms with E-state index in [0.717, 1.165) is 17.6 Å². The molecule has 0 saturated carbocycles. The van der Waals surface area contributed by atoms with E-state index in [1.807, 2.05) is 4.57 Å². The quantitative estimate of drug-likeness (QED) is 0.945. The smallest absolute Gasteiger partial charge is 0.337 e. The van der Waals surface area contributed by atoms with Crippen molar-refractivity contribution < 1.29 is 9.90 Å². The molecule has 1 atom stereocenters. The molecule has 3 nitrogen and oxygen atoms in total. The Hall–Kier alpha value is -1.55. The molecule has 3 rings (SSSR count). The summed E-state index contributed by atoms with van der Waals surface area (Å²) in [6, 6.07) is 10.1. The predicted molar refractivity (Wildman–Crippen MR) is 72.0 cm³/mol. The van der Waals surface area contributed by atoms with Crippen LogP contribution >= 0.6 is 15.9 Å². The van der Waals surface area contributed by atoms with Gasteiger partial charge in [-0.05, 0) is 39.5 Å². The van der Waals surface area contributed by atoms with Gasteiger partial charge in [-0.25, -0.2) is 4.79 Å². The number of benzene rings is 1. The Morgan fingerprint density at radius 2 is 2.22 bits per heavy atom. The fourth-order valence-corrected chi connectivity index (χ4v) is 2.99. The van der Waals surface area contributed by atoms with Gasteiger partial charge in [0, 0.05) is 18.7 Å². The molecular formula is C14H12BrNO2. The molecule has 0 saturated heterocycles. The molecule has 18 heavy (non-hydrogen) atoms. The number of aromatic nitrogens is 1. The number of aromatic carboxylic acids is 1. The molecule has 0 radical (unpaired) electrons. The summed E-state index contributed by atoms with van der Waals surface area (Å²) in [4.78, 5) is 10.9. The van der Waals surface area contributed by atoms with Gasteiger partial charge in [0.05, 0.1) is 10.2 Å². The highest BCUT2D eigenvalue weighted by molar-refractivity contribution is 9.10. The maximum absolute atomic E-state index is 10.9. The van der Waals surface area contributed by atoms with Gasteiger partial charge in [-0.2, -0.15) is 0 Å². The minimum Gasteiger partial charge on any atom is -0.478 e. The van der Waals surface area contributed by atoms with Crippen LogP contribution in [0, 0.1) is 0 Å². The Morgan fingerprint density at radius 3 is 2.89 bits per heavy atom. The zero-order valence-corrected chi connectivity index (χ0v) is 11.2. The van der Waals surface area contributed by atoms with Gasteiger partial charge in [0.2, 0.25) is 0 Å². The van der Waals surface area contributed by atoms with E-state index in [0.29, 0.717) is 11.5 Å². The van der Waals surface area contributed by atoms with Crippen LogP contribution in [0.2, 0.25) is 0 Å². The molecule has 1 aliphatic carbocycles. The lowest BCUT2D eigenvalue weighted by atomic mass is 9.77. The zero-order chi connectivity index (χ0) is 12.7. The fraction of sp³-hybridized carbons (Fsp3) is 0.214. The first kappa shape index (κ1) is 11.5. The highest BCUT2D eigenvalue weighted by Crippen LogP contribution is 2.36. The SMILES string of the molecule is O=C(O)c1cc(Br)n(CC2Cc3ccccc32)c1. The largest absolute Gasteiger partial charge is 0.478 e. The monoisotopic (exact) mass is 305 g/mol. The van der Waals surface area contributed by atoms with Crippen LogP contribution in [0.4, 0.5) is 0 Å². The van der Waals surface area contributed by atoms with Gasteiger partial charge in [0.15, 0.2) is 0 Å². The van der Waals surface area contributed by atoms with Gasteiger partial charge in [0.25, 0.3) is 0 Å². The average Bonchev–Trinajstić information content (AvgIpc) is 2.68. The molecule has 1 aromatic heterocycles. The molecule has 1 unspecified atom stereocenters. The van der Waals surface area contributed by atoms with Crippen molar-refractivity contribution in [3.05, 3.63) is 57.8 Å². The van der Waals surface area contributed by atoms with Crippen LogP contribution in [-0.4, -0.2) is 15.6 Å². The first-order chi connectivity index (χ1) is 8.65. The van der Waals surface area contributed by atoms with Crippen molar-refractivity contribution in [1.82, 2.24) is 4.57 Å². The van der Waals surface area contributed by atoms with E-state index in [9.17, 15) is 4.79 Å². The van der Waals surface area contributed by atoms with Crippen molar-refractivity contribution in [2.45, 2.75) is 18.9 Å². The lowest BCUT2D eigenvalue weighted by Gasteiger charge is -2.30. The molecule has 4 heteroatoms. The second-order valence-electron chi connectivity index (χ2n) is 4.61. The number of rotatable bonds is 3. The van der Waals surface area contributed by atoms with Crippen molar-refractivity contribution in [2.75, 3.05) is 0 Å². The topological polar surface area (TPSA) is 42.2 Å². The average molecular weight is 306 g/mol. The van der Waals surface area contributed by atoms with E-state index in [4.69, 9.17) is 5.11 Å². The summed E-state index contributed by atoms with van der Waals surface area (Å²) in [6.45, 7) is 0.824. The van der Waals surface area contributed by atoms with Gasteiger partial charge in [-0.15, -0.1) is 0 Å². The summed E-state index contributed by atoms with van der Waals surface area (Å²) in [6.07, 6.45) is 2.76. The van der Waals surface area contributed by atoms with E-state index in [-0.39, 0.29) is 0 Å². The van der Waals surface area contributed by atoms with E-state index in [1.165, 1.54) is 11.1 Å². The van der Waals surface area contributed by atoms with Crippen molar-refractivity contribution in [3.63, 3.8) is 0 Å². The zero-order valence-electron chi connectivity index (χ0n) is 9.64. The van der Waals surface area contributed by atoms with Crippen molar-refractivity contribution in [2.24, 2.45) is 0 Å². The summed E-state index contributed by atoms with van der Waals surface area (Å²) < 4.78 is 2.79. The second kappa shape index (κ2) is 4.28. The highest BCUT2D eigenvalue weighted by Gasteiger charge is 2.26. The third-order valence-corrected chi connectivity index (χ3v) is 4.15. The Morgan fingerprint density at radius 1 is 1.44 bits per heavy atom. The van der Waals surface area contributed by atoms with Gasteiger partial charge in [-0.3, -0.25) is 0 Å². The normalized spacial score (nSPS) is 17.1. The summed E-state index contributed by atoms with van der Waals surface area (Å²) in [5.74, 6) is -0.394. The maximum Gasteiger partial charge on any atom is 0.337 e. The second-order valence-corrected chi connectivity index (χ2v) is 5.42. The lowest BCUT2D eigenvalue weighted by Crippen LogP contribution is -2.21. The summed E-state index contributed by atoms with van der Waals surface area (Å²) >= 11 is 3.41. The Balaban J connectivity index is 1.81. The van der Waals surface area contributed by atoms with Crippen LogP contribution in [-0.2, 0) is 13.0 Å². The van der Waals surface area contributed by atoms with Gasteiger partial charge < -0.3 is 9.67 Å². The molecule has 2 aromatic rings. The molecule has 1 heterocycles. The number of hydrogen-bond acceptors (Lipinski definition) is 1. The van der Waals surface area contributed by atoms with Crippen molar-refractivity contribution in [1.29, 1.82) is 0 Å². The maximum atomic E-state index is 10.9.